The molecule has 1 aliphatic rings. The Hall–Kier alpha value is -1.72. The van der Waals surface area contributed by atoms with E-state index in [0.29, 0.717) is 5.69 Å². The molecule has 17 heavy (non-hydrogen) atoms. The molecule has 0 aromatic carbocycles. The average Bonchev–Trinajstić information content (AvgIpc) is 2.58. The zero-order valence-corrected chi connectivity index (χ0v) is 10.3. The van der Waals surface area contributed by atoms with Crippen LogP contribution in [0.3, 0.4) is 0 Å². The lowest BCUT2D eigenvalue weighted by molar-refractivity contribution is -0.119. The number of carbonyl (C=O) groups excluding carboxylic acids is 1. The van der Waals surface area contributed by atoms with E-state index in [1.54, 1.807) is 11.6 Å². The van der Waals surface area contributed by atoms with Crippen LogP contribution in [-0.2, 0) is 11.8 Å². The van der Waals surface area contributed by atoms with Gasteiger partial charge in [-0.15, -0.1) is 0 Å². The Morgan fingerprint density at radius 2 is 2.18 bits per heavy atom. The number of aryl methyl sites for hydroxylation is 1. The normalized spacial score (nSPS) is 17.2. The second-order valence-electron chi connectivity index (χ2n) is 4.54. The van der Waals surface area contributed by atoms with Crippen LogP contribution in [0.5, 0.6) is 0 Å². The first-order valence-corrected chi connectivity index (χ1v) is 5.87. The molecule has 2 heterocycles. The summed E-state index contributed by atoms with van der Waals surface area (Å²) in [5, 5.41) is 7.30. The maximum atomic E-state index is 11.0. The van der Waals surface area contributed by atoms with Crippen molar-refractivity contribution >= 4 is 17.4 Å². The van der Waals surface area contributed by atoms with Crippen LogP contribution >= 0.6 is 0 Å². The van der Waals surface area contributed by atoms with Gasteiger partial charge < -0.3 is 16.0 Å². The molecule has 1 aromatic heterocycles. The summed E-state index contributed by atoms with van der Waals surface area (Å²) >= 11 is 0. The molecule has 0 unspecified atom stereocenters. The number of piperidine rings is 1. The minimum atomic E-state index is 0.0424. The van der Waals surface area contributed by atoms with Crippen LogP contribution in [0, 0.1) is 0 Å². The molecule has 94 valence electrons. The van der Waals surface area contributed by atoms with Gasteiger partial charge in [0.25, 0.3) is 0 Å². The maximum Gasteiger partial charge on any atom is 0.217 e. The lowest BCUT2D eigenvalue weighted by Gasteiger charge is -2.32. The van der Waals surface area contributed by atoms with Crippen LogP contribution in [0.4, 0.5) is 11.5 Å². The highest BCUT2D eigenvalue weighted by molar-refractivity contribution is 5.73. The van der Waals surface area contributed by atoms with Gasteiger partial charge in [-0.05, 0) is 12.8 Å². The lowest BCUT2D eigenvalue weighted by atomic mass is 10.1. The molecule has 6 nitrogen and oxygen atoms in total. The number of nitrogens with two attached hydrogens (primary N) is 1. The molecule has 0 spiro atoms. The molecule has 0 radical (unpaired) electrons. The monoisotopic (exact) mass is 237 g/mol. The predicted molar refractivity (Wildman–Crippen MR) is 66.7 cm³/mol. The van der Waals surface area contributed by atoms with Crippen LogP contribution in [-0.4, -0.2) is 34.8 Å². The van der Waals surface area contributed by atoms with Crippen molar-refractivity contribution in [1.29, 1.82) is 0 Å². The first kappa shape index (κ1) is 11.8. The van der Waals surface area contributed by atoms with Crippen molar-refractivity contribution in [2.24, 2.45) is 7.05 Å². The molecule has 6 heteroatoms. The summed E-state index contributed by atoms with van der Waals surface area (Å²) in [6.07, 6.45) is 3.69. The molecule has 1 saturated heterocycles. The third-order valence-corrected chi connectivity index (χ3v) is 3.04. The average molecular weight is 237 g/mol. The highest BCUT2D eigenvalue weighted by Gasteiger charge is 2.22. The van der Waals surface area contributed by atoms with Gasteiger partial charge in [0.15, 0.2) is 5.82 Å². The van der Waals surface area contributed by atoms with Gasteiger partial charge in [-0.1, -0.05) is 0 Å². The molecule has 0 saturated carbocycles. The summed E-state index contributed by atoms with van der Waals surface area (Å²) in [6.45, 7) is 3.32. The van der Waals surface area contributed by atoms with E-state index in [-0.39, 0.29) is 11.9 Å². The Morgan fingerprint density at radius 3 is 2.65 bits per heavy atom. The van der Waals surface area contributed by atoms with E-state index in [4.69, 9.17) is 5.73 Å². The summed E-state index contributed by atoms with van der Waals surface area (Å²) in [5.41, 5.74) is 6.61. The third kappa shape index (κ3) is 2.69. The van der Waals surface area contributed by atoms with Crippen molar-refractivity contribution < 1.29 is 4.79 Å². The van der Waals surface area contributed by atoms with E-state index in [9.17, 15) is 4.79 Å². The maximum absolute atomic E-state index is 11.0. The molecule has 1 amide bonds. The van der Waals surface area contributed by atoms with E-state index in [2.05, 4.69) is 15.3 Å². The van der Waals surface area contributed by atoms with E-state index in [1.165, 1.54) is 0 Å². The number of nitrogens with one attached hydrogen (secondary N) is 1. The molecule has 1 aromatic rings. The van der Waals surface area contributed by atoms with Crippen molar-refractivity contribution in [2.45, 2.75) is 25.8 Å². The van der Waals surface area contributed by atoms with Crippen molar-refractivity contribution in [3.63, 3.8) is 0 Å². The lowest BCUT2D eigenvalue weighted by Crippen LogP contribution is -2.44. The molecule has 0 atom stereocenters. The highest BCUT2D eigenvalue weighted by Crippen LogP contribution is 2.23. The number of aromatic nitrogens is 2. The number of hydrogen-bond donors (Lipinski definition) is 2. The second kappa shape index (κ2) is 4.65. The smallest absolute Gasteiger partial charge is 0.217 e. The van der Waals surface area contributed by atoms with Crippen LogP contribution < -0.4 is 16.0 Å². The molecule has 1 fully saturated rings. The number of amides is 1. The minimum absolute atomic E-state index is 0.0424. The Bertz CT molecular complexity index is 406. The largest absolute Gasteiger partial charge is 0.394 e. The molecular formula is C11H19N5O. The van der Waals surface area contributed by atoms with Gasteiger partial charge in [0.2, 0.25) is 5.91 Å². The fourth-order valence-corrected chi connectivity index (χ4v) is 2.26. The Labute approximate surface area is 101 Å². The van der Waals surface area contributed by atoms with Crippen LogP contribution in [0.15, 0.2) is 6.20 Å². The van der Waals surface area contributed by atoms with Crippen molar-refractivity contribution in [3.8, 4) is 0 Å². The van der Waals surface area contributed by atoms with E-state index in [0.717, 1.165) is 31.7 Å². The topological polar surface area (TPSA) is 76.2 Å². The number of hydrogen-bond acceptors (Lipinski definition) is 4. The van der Waals surface area contributed by atoms with Crippen molar-refractivity contribution in [3.05, 3.63) is 6.20 Å². The predicted octanol–water partition coefficient (Wildman–Crippen LogP) is 0.107. The molecular weight excluding hydrogens is 218 g/mol. The first-order chi connectivity index (χ1) is 8.06. The fourth-order valence-electron chi connectivity index (χ4n) is 2.26. The number of nitrogen functional groups attached to an aromatic ring is 1. The molecule has 3 N–H and O–H groups in total. The molecule has 0 bridgehead atoms. The molecule has 1 aliphatic heterocycles. The Morgan fingerprint density at radius 1 is 1.53 bits per heavy atom. The number of rotatable bonds is 2. The minimum Gasteiger partial charge on any atom is -0.394 e. The number of nitrogens with zero attached hydrogens (tertiary/aromatic N) is 3. The van der Waals surface area contributed by atoms with Crippen molar-refractivity contribution in [1.82, 2.24) is 15.1 Å². The Balaban J connectivity index is 1.95. The van der Waals surface area contributed by atoms with Gasteiger partial charge in [-0.2, -0.15) is 5.10 Å². The first-order valence-electron chi connectivity index (χ1n) is 5.87. The Kier molecular flexibility index (Phi) is 3.21. The van der Waals surface area contributed by atoms with Gasteiger partial charge in [0, 0.05) is 39.3 Å². The van der Waals surface area contributed by atoms with E-state index in [1.807, 2.05) is 13.2 Å². The number of carbonyl (C=O) groups is 1. The van der Waals surface area contributed by atoms with E-state index < -0.39 is 0 Å². The van der Waals surface area contributed by atoms with Gasteiger partial charge >= 0.3 is 0 Å². The van der Waals surface area contributed by atoms with E-state index >= 15 is 0 Å². The quantitative estimate of drug-likeness (QED) is 0.765. The van der Waals surface area contributed by atoms with Crippen LogP contribution in [0.25, 0.3) is 0 Å². The SMILES string of the molecule is CC(=O)NC1CCN(c2nn(C)cc2N)CC1. The summed E-state index contributed by atoms with van der Waals surface area (Å²) in [4.78, 5) is 13.1. The third-order valence-electron chi connectivity index (χ3n) is 3.04. The fraction of sp³-hybridized carbons (Fsp3) is 0.636. The van der Waals surface area contributed by atoms with Gasteiger partial charge in [0.05, 0.1) is 5.69 Å². The summed E-state index contributed by atoms with van der Waals surface area (Å²) < 4.78 is 1.73. The zero-order valence-electron chi connectivity index (χ0n) is 10.3. The van der Waals surface area contributed by atoms with Crippen LogP contribution in [0.1, 0.15) is 19.8 Å². The van der Waals surface area contributed by atoms with Gasteiger partial charge in [-0.25, -0.2) is 0 Å². The highest BCUT2D eigenvalue weighted by atomic mass is 16.1. The van der Waals surface area contributed by atoms with Crippen molar-refractivity contribution in [2.75, 3.05) is 23.7 Å². The number of anilines is 2. The summed E-state index contributed by atoms with van der Waals surface area (Å²) in [5.74, 6) is 0.898. The van der Waals surface area contributed by atoms with Gasteiger partial charge in [0.1, 0.15) is 0 Å². The van der Waals surface area contributed by atoms with Crippen LogP contribution in [0.2, 0.25) is 0 Å². The second-order valence-corrected chi connectivity index (χ2v) is 4.54. The molecule has 0 aliphatic carbocycles. The molecule has 2 rings (SSSR count). The zero-order chi connectivity index (χ0) is 12.4. The standard InChI is InChI=1S/C11H19N5O/c1-8(17)13-9-3-5-16(6-4-9)11-10(12)7-15(2)14-11/h7,9H,3-6,12H2,1-2H3,(H,13,17). The summed E-state index contributed by atoms with van der Waals surface area (Å²) in [6, 6.07) is 0.286. The summed E-state index contributed by atoms with van der Waals surface area (Å²) in [7, 11) is 1.86. The van der Waals surface area contributed by atoms with Gasteiger partial charge in [-0.3, -0.25) is 9.48 Å².